The van der Waals surface area contributed by atoms with Gasteiger partial charge in [-0.05, 0) is 36.4 Å². The largest absolute Gasteiger partial charge is 0.504 e. The zero-order valence-corrected chi connectivity index (χ0v) is 28.3. The second-order valence-corrected chi connectivity index (χ2v) is 12.3. The Morgan fingerprint density at radius 2 is 0.965 bits per heavy atom. The summed E-state index contributed by atoms with van der Waals surface area (Å²) < 4.78 is 31.4. The molecular weight excluding hydrogens is 780 g/mol. The topological polar surface area (TPSA) is 407 Å². The Morgan fingerprint density at radius 3 is 1.44 bits per heavy atom. The number of hydrogen-bond acceptors (Lipinski definition) is 23. The van der Waals surface area contributed by atoms with Gasteiger partial charge in [0, 0.05) is 0 Å². The molecule has 2 fully saturated rings. The molecule has 308 valence electrons. The number of aliphatic carboxylic acids is 1. The Balaban J connectivity index is 1.45. The minimum Gasteiger partial charge on any atom is -0.504 e. The number of aliphatic hydroxyl groups excluding tert-OH is 5. The average molecular weight is 813 g/mol. The van der Waals surface area contributed by atoms with Crippen LogP contribution in [0.25, 0.3) is 0 Å². The third-order valence-electron chi connectivity index (χ3n) is 8.46. The van der Waals surface area contributed by atoms with Crippen molar-refractivity contribution in [1.82, 2.24) is 0 Å². The van der Waals surface area contributed by atoms with Crippen LogP contribution in [0, 0.1) is 0 Å². The van der Waals surface area contributed by atoms with Gasteiger partial charge in [-0.2, -0.15) is 0 Å². The molecule has 2 aliphatic rings. The monoisotopic (exact) mass is 812 g/mol. The first-order chi connectivity index (χ1) is 26.7. The molecule has 57 heavy (non-hydrogen) atoms. The number of esters is 3. The number of carboxylic acids is 1. The molecule has 5 rings (SSSR count). The molecule has 0 amide bonds. The zero-order valence-electron chi connectivity index (χ0n) is 28.3. The van der Waals surface area contributed by atoms with Crippen LogP contribution in [0.5, 0.6) is 51.7 Å². The van der Waals surface area contributed by atoms with Gasteiger partial charge in [0.15, 0.2) is 64.3 Å². The number of rotatable bonds is 10. The number of aliphatic hydroxyl groups is 5. The molecule has 3 aromatic rings. The fourth-order valence-corrected chi connectivity index (χ4v) is 5.48. The van der Waals surface area contributed by atoms with E-state index in [0.717, 1.165) is 0 Å². The fourth-order valence-electron chi connectivity index (χ4n) is 5.48. The van der Waals surface area contributed by atoms with Crippen molar-refractivity contribution >= 4 is 23.9 Å². The molecule has 3 aromatic carbocycles. The number of aromatic hydroxyl groups is 8. The Morgan fingerprint density at radius 1 is 0.526 bits per heavy atom. The molecule has 0 aromatic heterocycles. The second kappa shape index (κ2) is 16.3. The van der Waals surface area contributed by atoms with Gasteiger partial charge in [0.1, 0.15) is 30.5 Å². The van der Waals surface area contributed by atoms with Gasteiger partial charge in [0.25, 0.3) is 0 Å². The number of ether oxygens (including phenoxy) is 6. The van der Waals surface area contributed by atoms with E-state index >= 15 is 0 Å². The molecule has 0 aliphatic carbocycles. The summed E-state index contributed by atoms with van der Waals surface area (Å²) in [6, 6.07) is 3.71. The van der Waals surface area contributed by atoms with Gasteiger partial charge in [0.2, 0.25) is 18.3 Å². The molecule has 0 bridgehead atoms. The lowest BCUT2D eigenvalue weighted by Crippen LogP contribution is -2.62. The minimum atomic E-state index is -2.33. The highest BCUT2D eigenvalue weighted by molar-refractivity contribution is 5.93. The smallest absolute Gasteiger partial charge is 0.340 e. The lowest BCUT2D eigenvalue weighted by Gasteiger charge is -2.42. The van der Waals surface area contributed by atoms with Gasteiger partial charge >= 0.3 is 23.9 Å². The van der Waals surface area contributed by atoms with Crippen LogP contribution in [0.1, 0.15) is 31.1 Å². The van der Waals surface area contributed by atoms with E-state index in [-0.39, 0.29) is 0 Å². The van der Waals surface area contributed by atoms with Crippen molar-refractivity contribution in [2.75, 3.05) is 6.61 Å². The van der Waals surface area contributed by atoms with Crippen molar-refractivity contribution in [2.24, 2.45) is 0 Å². The first-order valence-electron chi connectivity index (χ1n) is 16.0. The summed E-state index contributed by atoms with van der Waals surface area (Å²) >= 11 is 0. The summed E-state index contributed by atoms with van der Waals surface area (Å²) in [6.07, 6.45) is -21.6. The molecule has 2 heterocycles. The van der Waals surface area contributed by atoms with Crippen LogP contribution >= 0.6 is 0 Å². The van der Waals surface area contributed by atoms with Gasteiger partial charge in [-0.1, -0.05) is 0 Å². The SMILES string of the molecule is O=C(OC1OC(CO)C(OC(=O)c2cc(O)c(O)c(O)c2)C(O)C1OC(=O)c1cc(O)c(O)c(O)c1)c1cc(O)c(O)c(OC2OC(C(=O)O)C(O)C(O)C2O)c1. The van der Waals surface area contributed by atoms with E-state index in [1.807, 2.05) is 0 Å². The van der Waals surface area contributed by atoms with Crippen molar-refractivity contribution in [2.45, 2.75) is 61.4 Å². The highest BCUT2D eigenvalue weighted by atomic mass is 16.7. The van der Waals surface area contributed by atoms with Crippen LogP contribution < -0.4 is 4.74 Å². The Kier molecular flexibility index (Phi) is 11.9. The molecule has 2 saturated heterocycles. The predicted molar refractivity (Wildman–Crippen MR) is 173 cm³/mol. The summed E-state index contributed by atoms with van der Waals surface area (Å²) in [4.78, 5) is 51.1. The fraction of sp³-hybridized carbons (Fsp3) is 0.333. The molecule has 24 nitrogen and oxygen atoms in total. The first kappa shape index (κ1) is 41.6. The molecule has 14 N–H and O–H groups in total. The van der Waals surface area contributed by atoms with E-state index in [9.17, 15) is 90.7 Å². The van der Waals surface area contributed by atoms with Crippen molar-refractivity contribution in [1.29, 1.82) is 0 Å². The van der Waals surface area contributed by atoms with Crippen molar-refractivity contribution in [3.63, 3.8) is 0 Å². The predicted octanol–water partition coefficient (Wildman–Crippen LogP) is -2.71. The number of benzene rings is 3. The van der Waals surface area contributed by atoms with E-state index in [1.54, 1.807) is 0 Å². The molecule has 24 heteroatoms. The maximum absolute atomic E-state index is 13.5. The summed E-state index contributed by atoms with van der Waals surface area (Å²) in [5.41, 5.74) is -2.07. The number of carbonyl (C=O) groups excluding carboxylic acids is 3. The maximum Gasteiger partial charge on any atom is 0.340 e. The van der Waals surface area contributed by atoms with Crippen molar-refractivity contribution in [3.05, 3.63) is 53.1 Å². The molecule has 0 spiro atoms. The third kappa shape index (κ3) is 8.36. The molecule has 0 radical (unpaired) electrons. The highest BCUT2D eigenvalue weighted by Gasteiger charge is 2.52. The lowest BCUT2D eigenvalue weighted by atomic mass is 9.98. The van der Waals surface area contributed by atoms with E-state index < -0.39 is 160 Å². The number of carbonyl (C=O) groups is 4. The van der Waals surface area contributed by atoms with Crippen LogP contribution in [-0.4, -0.2) is 163 Å². The van der Waals surface area contributed by atoms with Crippen LogP contribution in [-0.2, 0) is 28.5 Å². The molecule has 2 aliphatic heterocycles. The van der Waals surface area contributed by atoms with Crippen molar-refractivity contribution in [3.8, 4) is 51.7 Å². The van der Waals surface area contributed by atoms with Crippen LogP contribution in [0.2, 0.25) is 0 Å². The van der Waals surface area contributed by atoms with Crippen LogP contribution in [0.15, 0.2) is 36.4 Å². The summed E-state index contributed by atoms with van der Waals surface area (Å²) in [6.45, 7) is -1.13. The molecule has 0 saturated carbocycles. The summed E-state index contributed by atoms with van der Waals surface area (Å²) in [5.74, 6) is -15.5. The normalized spacial score (nSPS) is 27.2. The number of phenolic OH excluding ortho intramolecular Hbond substituents is 8. The van der Waals surface area contributed by atoms with E-state index in [1.165, 1.54) is 0 Å². The highest BCUT2D eigenvalue weighted by Crippen LogP contribution is 2.40. The minimum absolute atomic E-state index is 0.570. The Labute approximate surface area is 315 Å². The number of hydrogen-bond donors (Lipinski definition) is 14. The standard InChI is InChI=1S/C33H32O24/c34-7-17-25(54-29(49)8-1-11(35)18(40)12(36)2-8)24(46)27(55-30(50)9-3-13(37)19(41)14(38)4-9)33(53-17)57-31(51)10-5-15(39)20(42)16(6-10)52-32-23(45)21(43)22(44)26(56-32)28(47)48/h1-6,17,21-27,32-46H,7H2,(H,47,48). The first-order valence-corrected chi connectivity index (χ1v) is 16.0. The van der Waals surface area contributed by atoms with Gasteiger partial charge in [-0.15, -0.1) is 0 Å². The third-order valence-corrected chi connectivity index (χ3v) is 8.46. The van der Waals surface area contributed by atoms with E-state index in [0.29, 0.717) is 36.4 Å². The van der Waals surface area contributed by atoms with Crippen LogP contribution in [0.3, 0.4) is 0 Å². The summed E-state index contributed by atoms with van der Waals surface area (Å²) in [5, 5.41) is 141. The number of phenols is 8. The Hall–Kier alpha value is -6.54. The molecule has 10 atom stereocenters. The number of carboxylic acid groups (broad SMARTS) is 1. The van der Waals surface area contributed by atoms with Gasteiger partial charge in [-0.25, -0.2) is 19.2 Å². The van der Waals surface area contributed by atoms with Gasteiger partial charge < -0.3 is 99.9 Å². The molecule has 10 unspecified atom stereocenters. The van der Waals surface area contributed by atoms with Gasteiger partial charge in [-0.3, -0.25) is 0 Å². The van der Waals surface area contributed by atoms with Crippen LogP contribution in [0.4, 0.5) is 0 Å². The Bertz CT molecular complexity index is 2000. The lowest BCUT2D eigenvalue weighted by molar-refractivity contribution is -0.283. The zero-order chi connectivity index (χ0) is 42.2. The average Bonchev–Trinajstić information content (AvgIpc) is 3.16. The van der Waals surface area contributed by atoms with E-state index in [4.69, 9.17) is 28.4 Å². The maximum atomic E-state index is 13.5. The van der Waals surface area contributed by atoms with Crippen molar-refractivity contribution < 1.29 is 119 Å². The second-order valence-electron chi connectivity index (χ2n) is 12.3. The molecular formula is C33H32O24. The summed E-state index contributed by atoms with van der Waals surface area (Å²) in [7, 11) is 0. The quantitative estimate of drug-likeness (QED) is 0.0562. The van der Waals surface area contributed by atoms with E-state index in [2.05, 4.69) is 0 Å². The van der Waals surface area contributed by atoms with Gasteiger partial charge in [0.05, 0.1) is 23.3 Å².